The predicted molar refractivity (Wildman–Crippen MR) is 116 cm³/mol. The first-order valence-electron chi connectivity index (χ1n) is 9.04. The van der Waals surface area contributed by atoms with E-state index in [1.54, 1.807) is 23.5 Å². The number of anilines is 1. The molecule has 0 saturated heterocycles. The van der Waals surface area contributed by atoms with Crippen molar-refractivity contribution in [1.29, 1.82) is 0 Å². The van der Waals surface area contributed by atoms with Crippen LogP contribution >= 0.6 is 27.3 Å². The maximum Gasteiger partial charge on any atom is 0.255 e. The smallest absolute Gasteiger partial charge is 0.255 e. The molecule has 28 heavy (non-hydrogen) atoms. The molecule has 2 aromatic carbocycles. The number of benzene rings is 2. The second kappa shape index (κ2) is 7.89. The van der Waals surface area contributed by atoms with E-state index >= 15 is 0 Å². The van der Waals surface area contributed by atoms with Gasteiger partial charge in [-0.1, -0.05) is 28.1 Å². The molecule has 0 aliphatic carbocycles. The van der Waals surface area contributed by atoms with E-state index in [1.807, 2.05) is 42.2 Å². The molecular weight excluding hydrogens is 436 g/mol. The highest BCUT2D eigenvalue weighted by Gasteiger charge is 2.24. The highest BCUT2D eigenvalue weighted by molar-refractivity contribution is 9.10. The molecular formula is C22H19BrN2O2S. The first-order valence-corrected chi connectivity index (χ1v) is 10.7. The average molecular weight is 455 g/mol. The Morgan fingerprint density at radius 3 is 2.79 bits per heavy atom. The highest BCUT2D eigenvalue weighted by Crippen LogP contribution is 2.27. The number of amides is 2. The standard InChI is InChI=1S/C22H19BrN2O2S/c1-14-18(22(27)25-10-8-20-16(13-25)9-11-28-20)6-3-7-19(14)24-21(26)15-4-2-5-17(23)12-15/h2-7,9,11-12H,8,10,13H2,1H3,(H,24,26). The Balaban J connectivity index is 1.55. The molecule has 0 atom stereocenters. The Labute approximate surface area is 176 Å². The number of hydrogen-bond acceptors (Lipinski definition) is 3. The fraction of sp³-hybridized carbons (Fsp3) is 0.182. The number of nitrogens with zero attached hydrogens (tertiary/aromatic N) is 1. The van der Waals surface area contributed by atoms with Gasteiger partial charge in [0.15, 0.2) is 0 Å². The van der Waals surface area contributed by atoms with Crippen LogP contribution in [0.3, 0.4) is 0 Å². The molecule has 6 heteroatoms. The van der Waals surface area contributed by atoms with Crippen LogP contribution in [0, 0.1) is 6.92 Å². The van der Waals surface area contributed by atoms with Gasteiger partial charge in [0, 0.05) is 39.3 Å². The summed E-state index contributed by atoms with van der Waals surface area (Å²) in [6.07, 6.45) is 0.900. The van der Waals surface area contributed by atoms with Gasteiger partial charge in [-0.3, -0.25) is 9.59 Å². The van der Waals surface area contributed by atoms with Crippen molar-refractivity contribution in [3.05, 3.63) is 85.5 Å². The van der Waals surface area contributed by atoms with Gasteiger partial charge in [0.05, 0.1) is 0 Å². The van der Waals surface area contributed by atoms with Crippen molar-refractivity contribution in [2.24, 2.45) is 0 Å². The Morgan fingerprint density at radius 2 is 1.96 bits per heavy atom. The van der Waals surface area contributed by atoms with E-state index < -0.39 is 0 Å². The van der Waals surface area contributed by atoms with Crippen molar-refractivity contribution in [1.82, 2.24) is 4.90 Å². The molecule has 1 N–H and O–H groups in total. The summed E-state index contributed by atoms with van der Waals surface area (Å²) in [5, 5.41) is 5.02. The van der Waals surface area contributed by atoms with Crippen molar-refractivity contribution in [3.8, 4) is 0 Å². The van der Waals surface area contributed by atoms with Crippen LogP contribution in [0.1, 0.15) is 36.7 Å². The molecule has 142 valence electrons. The molecule has 4 rings (SSSR count). The van der Waals surface area contributed by atoms with Gasteiger partial charge in [-0.05, 0) is 66.2 Å². The number of carbonyl (C=O) groups excluding carboxylic acids is 2. The third-order valence-corrected chi connectivity index (χ3v) is 6.51. The van der Waals surface area contributed by atoms with Gasteiger partial charge in [-0.25, -0.2) is 0 Å². The fourth-order valence-corrected chi connectivity index (χ4v) is 4.71. The highest BCUT2D eigenvalue weighted by atomic mass is 79.9. The lowest BCUT2D eigenvalue weighted by molar-refractivity contribution is 0.0735. The zero-order valence-electron chi connectivity index (χ0n) is 15.4. The number of carbonyl (C=O) groups is 2. The summed E-state index contributed by atoms with van der Waals surface area (Å²) in [4.78, 5) is 29.0. The van der Waals surface area contributed by atoms with Crippen LogP contribution in [0.5, 0.6) is 0 Å². The SMILES string of the molecule is Cc1c(NC(=O)c2cccc(Br)c2)cccc1C(=O)N1CCc2sccc2C1. The molecule has 3 aromatic rings. The van der Waals surface area contributed by atoms with Crippen LogP contribution in [0.4, 0.5) is 5.69 Å². The monoisotopic (exact) mass is 454 g/mol. The summed E-state index contributed by atoms with van der Waals surface area (Å²) in [6, 6.07) is 14.8. The number of rotatable bonds is 3. The topological polar surface area (TPSA) is 49.4 Å². The maximum atomic E-state index is 13.1. The Morgan fingerprint density at radius 1 is 1.14 bits per heavy atom. The van der Waals surface area contributed by atoms with Crippen molar-refractivity contribution >= 4 is 44.8 Å². The minimum absolute atomic E-state index is 0.00732. The van der Waals surface area contributed by atoms with Crippen molar-refractivity contribution in [2.45, 2.75) is 19.9 Å². The second-order valence-electron chi connectivity index (χ2n) is 6.79. The number of hydrogen-bond donors (Lipinski definition) is 1. The van der Waals surface area contributed by atoms with Gasteiger partial charge < -0.3 is 10.2 Å². The van der Waals surface area contributed by atoms with Crippen LogP contribution in [0.15, 0.2) is 58.4 Å². The number of halogens is 1. The molecule has 2 amide bonds. The van der Waals surface area contributed by atoms with Crippen LogP contribution in [0.25, 0.3) is 0 Å². The zero-order chi connectivity index (χ0) is 19.7. The van der Waals surface area contributed by atoms with Gasteiger partial charge in [0.25, 0.3) is 11.8 Å². The lowest BCUT2D eigenvalue weighted by Gasteiger charge is -2.28. The molecule has 1 aliphatic heterocycles. The van der Waals surface area contributed by atoms with E-state index in [-0.39, 0.29) is 11.8 Å². The van der Waals surface area contributed by atoms with E-state index in [4.69, 9.17) is 0 Å². The molecule has 2 heterocycles. The van der Waals surface area contributed by atoms with Gasteiger partial charge in [0.2, 0.25) is 0 Å². The summed E-state index contributed by atoms with van der Waals surface area (Å²) in [5.41, 5.74) is 3.87. The minimum Gasteiger partial charge on any atom is -0.334 e. The third-order valence-electron chi connectivity index (χ3n) is 4.99. The number of fused-ring (bicyclic) bond motifs is 1. The molecule has 0 bridgehead atoms. The Bertz CT molecular complexity index is 1060. The first-order chi connectivity index (χ1) is 13.5. The van der Waals surface area contributed by atoms with Crippen molar-refractivity contribution in [2.75, 3.05) is 11.9 Å². The third kappa shape index (κ3) is 3.75. The van der Waals surface area contributed by atoms with Crippen molar-refractivity contribution in [3.63, 3.8) is 0 Å². The van der Waals surface area contributed by atoms with Gasteiger partial charge in [0.1, 0.15) is 0 Å². The first kappa shape index (κ1) is 18.9. The summed E-state index contributed by atoms with van der Waals surface area (Å²) in [6.45, 7) is 3.25. The fourth-order valence-electron chi connectivity index (χ4n) is 3.42. The summed E-state index contributed by atoms with van der Waals surface area (Å²) >= 11 is 5.14. The van der Waals surface area contributed by atoms with Gasteiger partial charge in [-0.15, -0.1) is 11.3 Å². The van der Waals surface area contributed by atoms with E-state index in [1.165, 1.54) is 10.4 Å². The van der Waals surface area contributed by atoms with E-state index in [2.05, 4.69) is 32.7 Å². The number of nitrogens with one attached hydrogen (secondary N) is 1. The van der Waals surface area contributed by atoms with Gasteiger partial charge >= 0.3 is 0 Å². The van der Waals surface area contributed by atoms with Crippen LogP contribution < -0.4 is 5.32 Å². The molecule has 0 spiro atoms. The Kier molecular flexibility index (Phi) is 5.33. The average Bonchev–Trinajstić information content (AvgIpc) is 3.17. The minimum atomic E-state index is -0.199. The molecule has 0 saturated carbocycles. The largest absolute Gasteiger partial charge is 0.334 e. The summed E-state index contributed by atoms with van der Waals surface area (Å²) in [7, 11) is 0. The number of thiophene rings is 1. The Hall–Kier alpha value is -2.44. The van der Waals surface area contributed by atoms with Crippen molar-refractivity contribution < 1.29 is 9.59 Å². The molecule has 1 aliphatic rings. The second-order valence-corrected chi connectivity index (χ2v) is 8.70. The van der Waals surface area contributed by atoms with Crippen LogP contribution in [-0.2, 0) is 13.0 Å². The normalized spacial score (nSPS) is 13.1. The predicted octanol–water partition coefficient (Wildman–Crippen LogP) is 5.27. The van der Waals surface area contributed by atoms with Gasteiger partial charge in [-0.2, -0.15) is 0 Å². The zero-order valence-corrected chi connectivity index (χ0v) is 17.8. The van der Waals surface area contributed by atoms with Crippen LogP contribution in [0.2, 0.25) is 0 Å². The lowest BCUT2D eigenvalue weighted by Crippen LogP contribution is -2.35. The molecule has 4 nitrogen and oxygen atoms in total. The molecule has 1 aromatic heterocycles. The summed E-state index contributed by atoms with van der Waals surface area (Å²) < 4.78 is 0.846. The maximum absolute atomic E-state index is 13.1. The molecule has 0 unspecified atom stereocenters. The van der Waals surface area contributed by atoms with E-state index in [0.717, 1.165) is 23.0 Å². The molecule has 0 fully saturated rings. The van der Waals surface area contributed by atoms with E-state index in [0.29, 0.717) is 23.4 Å². The van der Waals surface area contributed by atoms with Crippen LogP contribution in [-0.4, -0.2) is 23.3 Å². The quantitative estimate of drug-likeness (QED) is 0.585. The van der Waals surface area contributed by atoms with E-state index in [9.17, 15) is 9.59 Å². The molecule has 0 radical (unpaired) electrons. The summed E-state index contributed by atoms with van der Waals surface area (Å²) in [5.74, 6) is -0.192. The lowest BCUT2D eigenvalue weighted by atomic mass is 10.0.